The molecule has 2 nitrogen and oxygen atoms in total. The lowest BCUT2D eigenvalue weighted by Gasteiger charge is -2.11. The van der Waals surface area contributed by atoms with Crippen LogP contribution < -0.4 is 5.32 Å². The fraction of sp³-hybridized carbons (Fsp3) is 0.500. The van der Waals surface area contributed by atoms with E-state index in [0.717, 1.165) is 13.0 Å². The Morgan fingerprint density at radius 2 is 1.75 bits per heavy atom. The van der Waals surface area contributed by atoms with Crippen LogP contribution in [0.25, 0.3) is 0 Å². The molecule has 1 N–H and O–H groups in total. The molecular formula is C14H21NO. The van der Waals surface area contributed by atoms with Gasteiger partial charge < -0.3 is 5.32 Å². The second-order valence-electron chi connectivity index (χ2n) is 4.33. The molecule has 0 radical (unpaired) electrons. The van der Waals surface area contributed by atoms with Gasteiger partial charge in [0.1, 0.15) is 0 Å². The van der Waals surface area contributed by atoms with Crippen LogP contribution in [0.2, 0.25) is 0 Å². The van der Waals surface area contributed by atoms with Crippen LogP contribution >= 0.6 is 0 Å². The first-order valence-corrected chi connectivity index (χ1v) is 5.88. The van der Waals surface area contributed by atoms with Crippen molar-refractivity contribution in [3.05, 3.63) is 34.4 Å². The average Bonchev–Trinajstić information content (AvgIpc) is 2.21. The van der Waals surface area contributed by atoms with Gasteiger partial charge in [0.05, 0.1) is 0 Å². The molecule has 1 aromatic rings. The molecule has 0 saturated carbocycles. The molecule has 88 valence electrons. The molecule has 0 heterocycles. The molecule has 0 spiro atoms. The lowest BCUT2D eigenvalue weighted by atomic mass is 9.97. The highest BCUT2D eigenvalue weighted by Gasteiger charge is 2.04. The molecule has 0 fully saturated rings. The van der Waals surface area contributed by atoms with Crippen molar-refractivity contribution in [1.29, 1.82) is 0 Å². The molecule has 0 aliphatic heterocycles. The summed E-state index contributed by atoms with van der Waals surface area (Å²) in [6.45, 7) is 8.99. The topological polar surface area (TPSA) is 29.1 Å². The predicted molar refractivity (Wildman–Crippen MR) is 67.7 cm³/mol. The number of aryl methyl sites for hydroxylation is 3. The molecule has 2 heteroatoms. The van der Waals surface area contributed by atoms with Gasteiger partial charge in [-0.05, 0) is 43.9 Å². The van der Waals surface area contributed by atoms with Crippen LogP contribution in [-0.4, -0.2) is 12.5 Å². The minimum absolute atomic E-state index is 0.127. The molecule has 0 aliphatic carbocycles. The SMILES string of the molecule is CCC(=O)NCCc1c(C)cc(C)cc1C. The summed E-state index contributed by atoms with van der Waals surface area (Å²) in [7, 11) is 0. The minimum Gasteiger partial charge on any atom is -0.356 e. The van der Waals surface area contributed by atoms with Crippen LogP contribution in [0.3, 0.4) is 0 Å². The Bertz CT molecular complexity index is 359. The molecule has 0 aliphatic rings. The Labute approximate surface area is 98.1 Å². The molecule has 1 amide bonds. The molecule has 1 aromatic carbocycles. The largest absolute Gasteiger partial charge is 0.356 e. The first-order chi connectivity index (χ1) is 7.54. The number of amides is 1. The van der Waals surface area contributed by atoms with Gasteiger partial charge in [0.25, 0.3) is 0 Å². The third-order valence-electron chi connectivity index (χ3n) is 2.86. The highest BCUT2D eigenvalue weighted by atomic mass is 16.1. The number of nitrogens with one attached hydrogen (secondary N) is 1. The van der Waals surface area contributed by atoms with Gasteiger partial charge in [-0.3, -0.25) is 4.79 Å². The van der Waals surface area contributed by atoms with E-state index in [9.17, 15) is 4.79 Å². The van der Waals surface area contributed by atoms with Crippen molar-refractivity contribution in [2.45, 2.75) is 40.5 Å². The summed E-state index contributed by atoms with van der Waals surface area (Å²) in [6.07, 6.45) is 1.48. The lowest BCUT2D eigenvalue weighted by Crippen LogP contribution is -2.24. The third kappa shape index (κ3) is 3.37. The Kier molecular flexibility index (Phi) is 4.53. The van der Waals surface area contributed by atoms with Crippen LogP contribution in [0.1, 0.15) is 35.6 Å². The van der Waals surface area contributed by atoms with Gasteiger partial charge in [0, 0.05) is 13.0 Å². The van der Waals surface area contributed by atoms with Crippen LogP contribution in [0, 0.1) is 20.8 Å². The standard InChI is InChI=1S/C14H21NO/c1-5-14(16)15-7-6-13-11(3)8-10(2)9-12(13)4/h8-9H,5-7H2,1-4H3,(H,15,16). The quantitative estimate of drug-likeness (QED) is 0.828. The van der Waals surface area contributed by atoms with Gasteiger partial charge in [-0.15, -0.1) is 0 Å². The lowest BCUT2D eigenvalue weighted by molar-refractivity contribution is -0.120. The number of carbonyl (C=O) groups excluding carboxylic acids is 1. The third-order valence-corrected chi connectivity index (χ3v) is 2.86. The maximum Gasteiger partial charge on any atom is 0.219 e. The van der Waals surface area contributed by atoms with Gasteiger partial charge in [-0.25, -0.2) is 0 Å². The number of rotatable bonds is 4. The van der Waals surface area contributed by atoms with Crippen molar-refractivity contribution < 1.29 is 4.79 Å². The van der Waals surface area contributed by atoms with Gasteiger partial charge in [-0.1, -0.05) is 24.6 Å². The van der Waals surface area contributed by atoms with Gasteiger partial charge >= 0.3 is 0 Å². The van der Waals surface area contributed by atoms with E-state index in [1.165, 1.54) is 22.3 Å². The average molecular weight is 219 g/mol. The first kappa shape index (κ1) is 12.8. The number of carbonyl (C=O) groups is 1. The van der Waals surface area contributed by atoms with E-state index >= 15 is 0 Å². The number of hydrogen-bond donors (Lipinski definition) is 1. The minimum atomic E-state index is 0.127. The van der Waals surface area contributed by atoms with Crippen LogP contribution in [-0.2, 0) is 11.2 Å². The summed E-state index contributed by atoms with van der Waals surface area (Å²) in [5.74, 6) is 0.127. The smallest absolute Gasteiger partial charge is 0.219 e. The molecule has 0 saturated heterocycles. The maximum atomic E-state index is 11.1. The van der Waals surface area contributed by atoms with E-state index in [2.05, 4.69) is 38.2 Å². The Hall–Kier alpha value is -1.31. The van der Waals surface area contributed by atoms with E-state index < -0.39 is 0 Å². The Balaban J connectivity index is 2.64. The highest BCUT2D eigenvalue weighted by Crippen LogP contribution is 2.16. The summed E-state index contributed by atoms with van der Waals surface area (Å²) < 4.78 is 0. The number of hydrogen-bond acceptors (Lipinski definition) is 1. The van der Waals surface area contributed by atoms with E-state index in [4.69, 9.17) is 0 Å². The fourth-order valence-electron chi connectivity index (χ4n) is 2.06. The molecule has 1 rings (SSSR count). The zero-order chi connectivity index (χ0) is 12.1. The summed E-state index contributed by atoms with van der Waals surface area (Å²) >= 11 is 0. The second kappa shape index (κ2) is 5.69. The van der Waals surface area contributed by atoms with E-state index in [-0.39, 0.29) is 5.91 Å². The van der Waals surface area contributed by atoms with Crippen LogP contribution in [0.4, 0.5) is 0 Å². The molecule has 0 unspecified atom stereocenters. The summed E-state index contributed by atoms with van der Waals surface area (Å²) in [5, 5.41) is 2.91. The molecule has 0 atom stereocenters. The monoisotopic (exact) mass is 219 g/mol. The van der Waals surface area contributed by atoms with E-state index in [0.29, 0.717) is 6.42 Å². The number of benzene rings is 1. The summed E-state index contributed by atoms with van der Waals surface area (Å²) in [6, 6.07) is 4.40. The van der Waals surface area contributed by atoms with Crippen molar-refractivity contribution in [2.24, 2.45) is 0 Å². The highest BCUT2D eigenvalue weighted by molar-refractivity contribution is 5.75. The molecular weight excluding hydrogens is 198 g/mol. The van der Waals surface area contributed by atoms with Crippen LogP contribution in [0.5, 0.6) is 0 Å². The van der Waals surface area contributed by atoms with Gasteiger partial charge in [0.15, 0.2) is 0 Å². The summed E-state index contributed by atoms with van der Waals surface area (Å²) in [4.78, 5) is 11.1. The van der Waals surface area contributed by atoms with Crippen molar-refractivity contribution in [2.75, 3.05) is 6.54 Å². The van der Waals surface area contributed by atoms with Crippen molar-refractivity contribution in [1.82, 2.24) is 5.32 Å². The zero-order valence-corrected chi connectivity index (χ0v) is 10.7. The predicted octanol–water partition coefficient (Wildman–Crippen LogP) is 2.68. The normalized spacial score (nSPS) is 10.2. The maximum absolute atomic E-state index is 11.1. The molecule has 0 aromatic heterocycles. The first-order valence-electron chi connectivity index (χ1n) is 5.88. The van der Waals surface area contributed by atoms with Gasteiger partial charge in [0.2, 0.25) is 5.91 Å². The fourth-order valence-corrected chi connectivity index (χ4v) is 2.06. The summed E-state index contributed by atoms with van der Waals surface area (Å²) in [5.41, 5.74) is 5.31. The zero-order valence-electron chi connectivity index (χ0n) is 10.7. The van der Waals surface area contributed by atoms with Crippen molar-refractivity contribution >= 4 is 5.91 Å². The Morgan fingerprint density at radius 3 is 2.25 bits per heavy atom. The molecule has 0 bridgehead atoms. The Morgan fingerprint density at radius 1 is 1.19 bits per heavy atom. The van der Waals surface area contributed by atoms with E-state index in [1.54, 1.807) is 0 Å². The van der Waals surface area contributed by atoms with Crippen molar-refractivity contribution in [3.8, 4) is 0 Å². The van der Waals surface area contributed by atoms with Crippen LogP contribution in [0.15, 0.2) is 12.1 Å². The van der Waals surface area contributed by atoms with E-state index in [1.807, 2.05) is 6.92 Å². The van der Waals surface area contributed by atoms with Crippen molar-refractivity contribution in [3.63, 3.8) is 0 Å². The second-order valence-corrected chi connectivity index (χ2v) is 4.33. The molecule has 16 heavy (non-hydrogen) atoms. The van der Waals surface area contributed by atoms with Gasteiger partial charge in [-0.2, -0.15) is 0 Å².